The molecule has 0 aromatic heterocycles. The van der Waals surface area contributed by atoms with Crippen LogP contribution < -0.4 is 10.6 Å². The molecule has 2 fully saturated rings. The molecule has 0 spiro atoms. The molecule has 120 valence electrons. The predicted molar refractivity (Wildman–Crippen MR) is 78.1 cm³/mol. The zero-order valence-electron chi connectivity index (χ0n) is 12.7. The van der Waals surface area contributed by atoms with Gasteiger partial charge in [-0.15, -0.1) is 0 Å². The second kappa shape index (κ2) is 7.11. The summed E-state index contributed by atoms with van der Waals surface area (Å²) in [6.07, 6.45) is 5.23. The number of amides is 2. The molecule has 3 N–H and O–H groups in total. The Kier molecular flexibility index (Phi) is 5.45. The quantitative estimate of drug-likeness (QED) is 0.738. The number of ether oxygens (including phenoxy) is 1. The molecule has 0 aromatic rings. The lowest BCUT2D eigenvalue weighted by Crippen LogP contribution is -2.53. The van der Waals surface area contributed by atoms with Gasteiger partial charge in [-0.25, -0.2) is 4.79 Å². The molecule has 2 atom stereocenters. The van der Waals surface area contributed by atoms with Gasteiger partial charge in [0, 0.05) is 25.3 Å². The van der Waals surface area contributed by atoms with Crippen LogP contribution in [0.4, 0.5) is 4.79 Å². The number of carbonyl (C=O) groups is 2. The molecule has 1 saturated heterocycles. The molecule has 0 bridgehead atoms. The van der Waals surface area contributed by atoms with Crippen molar-refractivity contribution in [2.24, 2.45) is 11.8 Å². The monoisotopic (exact) mass is 298 g/mol. The lowest BCUT2D eigenvalue weighted by Gasteiger charge is -2.35. The number of carboxylic acids is 1. The lowest BCUT2D eigenvalue weighted by molar-refractivity contribution is -0.144. The highest BCUT2D eigenvalue weighted by molar-refractivity contribution is 5.75. The minimum absolute atomic E-state index is 0.0458. The molecule has 6 nitrogen and oxygen atoms in total. The molecule has 1 aliphatic heterocycles. The fraction of sp³-hybridized carbons (Fsp3) is 0.867. The molecule has 2 aliphatic rings. The first-order valence-electron chi connectivity index (χ1n) is 7.87. The molecule has 2 unspecified atom stereocenters. The Morgan fingerprint density at radius 3 is 2.57 bits per heavy atom. The number of carboxylic acid groups (broad SMARTS) is 1. The topological polar surface area (TPSA) is 87.7 Å². The minimum atomic E-state index is -0.738. The molecule has 0 aromatic carbocycles. The van der Waals surface area contributed by atoms with E-state index in [0.717, 1.165) is 38.5 Å². The van der Waals surface area contributed by atoms with Crippen molar-refractivity contribution >= 4 is 12.0 Å². The van der Waals surface area contributed by atoms with Crippen LogP contribution in [-0.4, -0.2) is 42.4 Å². The van der Waals surface area contributed by atoms with Crippen LogP contribution in [-0.2, 0) is 9.53 Å². The second-order valence-electron chi connectivity index (χ2n) is 6.50. The smallest absolute Gasteiger partial charge is 0.315 e. The number of hydrogen-bond donors (Lipinski definition) is 3. The molecule has 0 radical (unpaired) electrons. The molecular formula is C15H26N2O4. The van der Waals surface area contributed by atoms with Crippen LogP contribution in [0.2, 0.25) is 0 Å². The molecule has 1 aliphatic carbocycles. The Bertz CT molecular complexity index is 380. The Morgan fingerprint density at radius 2 is 1.90 bits per heavy atom. The SMILES string of the molecule is CC1(NC(=O)NCC2CCCCC2C(=O)O)CCOCC1. The summed E-state index contributed by atoms with van der Waals surface area (Å²) >= 11 is 0. The third-order valence-corrected chi connectivity index (χ3v) is 4.76. The zero-order valence-corrected chi connectivity index (χ0v) is 12.7. The summed E-state index contributed by atoms with van der Waals surface area (Å²) in [4.78, 5) is 23.3. The van der Waals surface area contributed by atoms with Gasteiger partial charge in [0.2, 0.25) is 0 Å². The number of hydrogen-bond acceptors (Lipinski definition) is 3. The fourth-order valence-electron chi connectivity index (χ4n) is 3.27. The summed E-state index contributed by atoms with van der Waals surface area (Å²) in [6, 6.07) is -0.200. The normalized spacial score (nSPS) is 28.6. The van der Waals surface area contributed by atoms with Gasteiger partial charge in [-0.3, -0.25) is 4.79 Å². The van der Waals surface area contributed by atoms with Crippen molar-refractivity contribution < 1.29 is 19.4 Å². The highest BCUT2D eigenvalue weighted by atomic mass is 16.5. The maximum atomic E-state index is 12.0. The van der Waals surface area contributed by atoms with Gasteiger partial charge in [0.25, 0.3) is 0 Å². The Labute approximate surface area is 125 Å². The predicted octanol–water partition coefficient (Wildman–Crippen LogP) is 1.75. The van der Waals surface area contributed by atoms with E-state index in [1.54, 1.807) is 0 Å². The summed E-state index contributed by atoms with van der Waals surface area (Å²) in [6.45, 7) is 3.80. The van der Waals surface area contributed by atoms with E-state index >= 15 is 0 Å². The molecule has 2 amide bonds. The third-order valence-electron chi connectivity index (χ3n) is 4.76. The molecule has 1 heterocycles. The van der Waals surface area contributed by atoms with Gasteiger partial charge in [0.1, 0.15) is 0 Å². The Balaban J connectivity index is 1.78. The lowest BCUT2D eigenvalue weighted by atomic mass is 9.79. The van der Waals surface area contributed by atoms with Crippen LogP contribution in [0.5, 0.6) is 0 Å². The molecular weight excluding hydrogens is 272 g/mol. The minimum Gasteiger partial charge on any atom is -0.481 e. The number of aliphatic carboxylic acids is 1. The van der Waals surface area contributed by atoms with E-state index in [9.17, 15) is 14.7 Å². The van der Waals surface area contributed by atoms with Crippen molar-refractivity contribution in [2.45, 2.75) is 51.0 Å². The van der Waals surface area contributed by atoms with E-state index in [1.165, 1.54) is 0 Å². The number of nitrogens with one attached hydrogen (secondary N) is 2. The summed E-state index contributed by atoms with van der Waals surface area (Å²) in [7, 11) is 0. The Morgan fingerprint density at radius 1 is 1.24 bits per heavy atom. The third kappa shape index (κ3) is 4.59. The van der Waals surface area contributed by atoms with Crippen LogP contribution >= 0.6 is 0 Å². The van der Waals surface area contributed by atoms with E-state index in [-0.39, 0.29) is 23.4 Å². The first-order valence-corrected chi connectivity index (χ1v) is 7.87. The maximum Gasteiger partial charge on any atom is 0.315 e. The molecule has 2 rings (SSSR count). The maximum absolute atomic E-state index is 12.0. The van der Waals surface area contributed by atoms with Gasteiger partial charge in [-0.1, -0.05) is 12.8 Å². The number of urea groups is 1. The summed E-state index contributed by atoms with van der Waals surface area (Å²) in [5.41, 5.74) is -0.221. The summed E-state index contributed by atoms with van der Waals surface area (Å²) < 4.78 is 5.31. The second-order valence-corrected chi connectivity index (χ2v) is 6.50. The van der Waals surface area contributed by atoms with Gasteiger partial charge >= 0.3 is 12.0 Å². The number of rotatable bonds is 4. The van der Waals surface area contributed by atoms with Crippen molar-refractivity contribution in [3.8, 4) is 0 Å². The van der Waals surface area contributed by atoms with Gasteiger partial charge < -0.3 is 20.5 Å². The van der Waals surface area contributed by atoms with Gasteiger partial charge in [-0.2, -0.15) is 0 Å². The molecule has 6 heteroatoms. The van der Waals surface area contributed by atoms with Crippen molar-refractivity contribution in [3.05, 3.63) is 0 Å². The van der Waals surface area contributed by atoms with Gasteiger partial charge in [0.15, 0.2) is 0 Å². The van der Waals surface area contributed by atoms with Crippen LogP contribution in [0.15, 0.2) is 0 Å². The van der Waals surface area contributed by atoms with E-state index in [2.05, 4.69) is 10.6 Å². The standard InChI is InChI=1S/C15H26N2O4/c1-15(6-8-21-9-7-15)17-14(20)16-10-11-4-2-3-5-12(11)13(18)19/h11-12H,2-10H2,1H3,(H,18,19)(H2,16,17,20). The van der Waals surface area contributed by atoms with Crippen molar-refractivity contribution in [2.75, 3.05) is 19.8 Å². The van der Waals surface area contributed by atoms with Crippen molar-refractivity contribution in [1.82, 2.24) is 10.6 Å². The van der Waals surface area contributed by atoms with Crippen LogP contribution in [0.1, 0.15) is 45.4 Å². The van der Waals surface area contributed by atoms with E-state index in [1.807, 2.05) is 6.92 Å². The fourth-order valence-corrected chi connectivity index (χ4v) is 3.27. The average Bonchev–Trinajstić information content (AvgIpc) is 2.45. The van der Waals surface area contributed by atoms with E-state index in [4.69, 9.17) is 4.74 Å². The summed E-state index contributed by atoms with van der Waals surface area (Å²) in [5, 5.41) is 15.1. The highest BCUT2D eigenvalue weighted by Crippen LogP contribution is 2.29. The van der Waals surface area contributed by atoms with Gasteiger partial charge in [-0.05, 0) is 38.5 Å². The first kappa shape index (κ1) is 16.1. The van der Waals surface area contributed by atoms with E-state index < -0.39 is 5.97 Å². The van der Waals surface area contributed by atoms with Crippen LogP contribution in [0, 0.1) is 11.8 Å². The zero-order chi connectivity index (χ0) is 15.3. The van der Waals surface area contributed by atoms with Crippen molar-refractivity contribution in [3.63, 3.8) is 0 Å². The molecule has 21 heavy (non-hydrogen) atoms. The highest BCUT2D eigenvalue weighted by Gasteiger charge is 2.32. The van der Waals surface area contributed by atoms with Crippen molar-refractivity contribution in [1.29, 1.82) is 0 Å². The molecule has 1 saturated carbocycles. The largest absolute Gasteiger partial charge is 0.481 e. The van der Waals surface area contributed by atoms with Gasteiger partial charge in [0.05, 0.1) is 5.92 Å². The first-order chi connectivity index (χ1) is 10.0. The van der Waals surface area contributed by atoms with E-state index in [0.29, 0.717) is 19.8 Å². The van der Waals surface area contributed by atoms with Crippen LogP contribution in [0.25, 0.3) is 0 Å². The van der Waals surface area contributed by atoms with Crippen LogP contribution in [0.3, 0.4) is 0 Å². The Hall–Kier alpha value is -1.30. The summed E-state index contributed by atoms with van der Waals surface area (Å²) in [5.74, 6) is -1.01. The number of carbonyl (C=O) groups excluding carboxylic acids is 1. The average molecular weight is 298 g/mol.